The van der Waals surface area contributed by atoms with Crippen molar-refractivity contribution in [2.24, 2.45) is 0 Å². The molecule has 0 aromatic heterocycles. The number of epoxide rings is 2. The van der Waals surface area contributed by atoms with Gasteiger partial charge in [0.25, 0.3) is 0 Å². The van der Waals surface area contributed by atoms with E-state index in [1.807, 2.05) is 72.8 Å². The molecule has 2 unspecified atom stereocenters. The Balaban J connectivity index is 0.884. The zero-order valence-electron chi connectivity index (χ0n) is 23.5. The van der Waals surface area contributed by atoms with Gasteiger partial charge in [0, 0.05) is 0 Å². The fraction of sp³-hybridized carbons (Fsp3) is 0.314. The van der Waals surface area contributed by atoms with E-state index in [1.54, 1.807) is 0 Å². The number of aliphatic hydroxyl groups excluding tert-OH is 1. The van der Waals surface area contributed by atoms with Crippen LogP contribution in [-0.4, -0.2) is 63.1 Å². The van der Waals surface area contributed by atoms with Crippen molar-refractivity contribution in [2.45, 2.75) is 31.2 Å². The normalized spacial score (nSPS) is 17.7. The van der Waals surface area contributed by atoms with Gasteiger partial charge in [-0.25, -0.2) is 0 Å². The van der Waals surface area contributed by atoms with Crippen molar-refractivity contribution >= 4 is 0 Å². The minimum Gasteiger partial charge on any atom is -0.491 e. The number of rotatable bonds is 16. The molecule has 0 bridgehead atoms. The molecule has 0 saturated carbocycles. The van der Waals surface area contributed by atoms with Crippen LogP contribution in [0.4, 0.5) is 0 Å². The van der Waals surface area contributed by atoms with E-state index in [4.69, 9.17) is 28.4 Å². The molecule has 6 rings (SSSR count). The third-order valence-corrected chi connectivity index (χ3v) is 7.07. The maximum absolute atomic E-state index is 10.4. The first kappa shape index (κ1) is 28.1. The maximum atomic E-state index is 10.4. The Morgan fingerprint density at radius 1 is 0.500 bits per heavy atom. The van der Waals surface area contributed by atoms with Crippen LogP contribution in [-0.2, 0) is 22.3 Å². The third-order valence-electron chi connectivity index (χ3n) is 7.07. The number of hydrogen-bond acceptors (Lipinski definition) is 7. The van der Waals surface area contributed by atoms with Crippen LogP contribution in [0.3, 0.4) is 0 Å². The number of benzene rings is 4. The molecule has 2 saturated heterocycles. The predicted octanol–water partition coefficient (Wildman–Crippen LogP) is 5.24. The second-order valence-corrected chi connectivity index (χ2v) is 10.7. The van der Waals surface area contributed by atoms with E-state index in [-0.39, 0.29) is 25.4 Å². The quantitative estimate of drug-likeness (QED) is 0.185. The number of ether oxygens (including phenoxy) is 6. The monoisotopic (exact) mass is 568 g/mol. The highest BCUT2D eigenvalue weighted by molar-refractivity contribution is 5.35. The fourth-order valence-corrected chi connectivity index (χ4v) is 4.43. The van der Waals surface area contributed by atoms with Crippen molar-refractivity contribution in [3.05, 3.63) is 119 Å². The summed E-state index contributed by atoms with van der Waals surface area (Å²) in [6.07, 6.45) is 1.40. The van der Waals surface area contributed by atoms with Crippen LogP contribution in [0.15, 0.2) is 97.1 Å². The van der Waals surface area contributed by atoms with E-state index in [1.165, 1.54) is 22.3 Å². The van der Waals surface area contributed by atoms with Gasteiger partial charge in [0.1, 0.15) is 67.7 Å². The number of hydrogen-bond donors (Lipinski definition) is 1. The maximum Gasteiger partial charge on any atom is 0.122 e. The van der Waals surface area contributed by atoms with Crippen LogP contribution in [0.5, 0.6) is 23.0 Å². The second kappa shape index (κ2) is 13.7. The van der Waals surface area contributed by atoms with E-state index in [0.717, 1.165) is 37.6 Å². The van der Waals surface area contributed by atoms with Crippen LogP contribution >= 0.6 is 0 Å². The summed E-state index contributed by atoms with van der Waals surface area (Å²) in [5.41, 5.74) is 4.78. The van der Waals surface area contributed by atoms with Gasteiger partial charge in [0.2, 0.25) is 0 Å². The van der Waals surface area contributed by atoms with Gasteiger partial charge in [-0.1, -0.05) is 48.5 Å². The Morgan fingerprint density at radius 3 is 1.07 bits per heavy atom. The van der Waals surface area contributed by atoms with Crippen LogP contribution in [0.25, 0.3) is 0 Å². The lowest BCUT2D eigenvalue weighted by molar-refractivity contribution is 0.0626. The predicted molar refractivity (Wildman–Crippen MR) is 159 cm³/mol. The smallest absolute Gasteiger partial charge is 0.122 e. The molecule has 42 heavy (non-hydrogen) atoms. The Hall–Kier alpha value is -4.04. The van der Waals surface area contributed by atoms with Crippen LogP contribution in [0.1, 0.15) is 22.3 Å². The SMILES string of the molecule is OC(COc1ccc(Cc2ccc(OCC3CO3)cc2)cc1)COc1ccc(Cc2ccc(OCC3CO3)cc2)cc1. The lowest BCUT2D eigenvalue weighted by Crippen LogP contribution is -2.25. The zero-order chi connectivity index (χ0) is 28.6. The molecule has 2 atom stereocenters. The molecule has 7 nitrogen and oxygen atoms in total. The standard InChI is InChI=1S/C35H36O7/c36-29(19-37-30-9-1-25(2-10-30)17-27-5-13-32(14-6-27)39-21-34-23-41-34)20-38-31-11-3-26(4-12-31)18-28-7-15-33(16-8-28)40-22-35-24-42-35/h1-16,29,34-36H,17-24H2. The Bertz CT molecular complexity index is 1270. The minimum atomic E-state index is -0.747. The molecule has 0 spiro atoms. The van der Waals surface area contributed by atoms with Crippen molar-refractivity contribution in [1.82, 2.24) is 0 Å². The molecule has 1 N–H and O–H groups in total. The lowest BCUT2D eigenvalue weighted by Gasteiger charge is -2.14. The molecule has 4 aromatic carbocycles. The largest absolute Gasteiger partial charge is 0.491 e. The topological polar surface area (TPSA) is 82.2 Å². The average Bonchev–Trinajstić information content (AvgIpc) is 3.96. The van der Waals surface area contributed by atoms with Crippen LogP contribution in [0.2, 0.25) is 0 Å². The molecule has 218 valence electrons. The van der Waals surface area contributed by atoms with Crippen molar-refractivity contribution in [3.63, 3.8) is 0 Å². The van der Waals surface area contributed by atoms with E-state index in [2.05, 4.69) is 24.3 Å². The molecular weight excluding hydrogens is 532 g/mol. The van der Waals surface area contributed by atoms with E-state index in [0.29, 0.717) is 24.7 Å². The first-order valence-corrected chi connectivity index (χ1v) is 14.4. The van der Waals surface area contributed by atoms with Crippen molar-refractivity contribution in [2.75, 3.05) is 39.6 Å². The minimum absolute atomic E-state index is 0.151. The highest BCUT2D eigenvalue weighted by atomic mass is 16.6. The summed E-state index contributed by atoms with van der Waals surface area (Å²) >= 11 is 0. The Kier molecular flexibility index (Phi) is 9.20. The zero-order valence-corrected chi connectivity index (χ0v) is 23.5. The van der Waals surface area contributed by atoms with Gasteiger partial charge in [0.15, 0.2) is 0 Å². The van der Waals surface area contributed by atoms with Gasteiger partial charge < -0.3 is 33.5 Å². The summed E-state index contributed by atoms with van der Waals surface area (Å²) in [6, 6.07) is 32.2. The van der Waals surface area contributed by atoms with E-state index in [9.17, 15) is 5.11 Å². The van der Waals surface area contributed by atoms with E-state index < -0.39 is 6.10 Å². The van der Waals surface area contributed by atoms with Crippen molar-refractivity contribution in [1.29, 1.82) is 0 Å². The molecular formula is C35H36O7. The van der Waals surface area contributed by atoms with Gasteiger partial charge in [-0.3, -0.25) is 0 Å². The molecule has 0 aliphatic carbocycles. The van der Waals surface area contributed by atoms with Crippen LogP contribution in [0, 0.1) is 0 Å². The Labute approximate surface area is 246 Å². The average molecular weight is 569 g/mol. The van der Waals surface area contributed by atoms with E-state index >= 15 is 0 Å². The third kappa shape index (κ3) is 8.98. The summed E-state index contributed by atoms with van der Waals surface area (Å²) in [5, 5.41) is 10.4. The van der Waals surface area contributed by atoms with Crippen molar-refractivity contribution in [3.8, 4) is 23.0 Å². The lowest BCUT2D eigenvalue weighted by atomic mass is 10.0. The first-order valence-electron chi connectivity index (χ1n) is 14.4. The summed E-state index contributed by atoms with van der Waals surface area (Å²) in [6.45, 7) is 3.12. The molecule has 4 aromatic rings. The molecule has 2 fully saturated rings. The van der Waals surface area contributed by atoms with Gasteiger partial charge in [-0.15, -0.1) is 0 Å². The van der Waals surface area contributed by atoms with Crippen molar-refractivity contribution < 1.29 is 33.5 Å². The molecule has 2 aliphatic heterocycles. The summed E-state index contributed by atoms with van der Waals surface area (Å²) < 4.78 is 33.3. The van der Waals surface area contributed by atoms with Gasteiger partial charge in [-0.05, 0) is 83.6 Å². The fourth-order valence-electron chi connectivity index (χ4n) is 4.43. The Morgan fingerprint density at radius 2 is 0.786 bits per heavy atom. The van der Waals surface area contributed by atoms with Gasteiger partial charge in [0.05, 0.1) is 13.2 Å². The highest BCUT2D eigenvalue weighted by Crippen LogP contribution is 2.21. The first-order chi connectivity index (χ1) is 20.6. The molecule has 2 aliphatic rings. The van der Waals surface area contributed by atoms with Gasteiger partial charge in [-0.2, -0.15) is 0 Å². The molecule has 7 heteroatoms. The summed E-state index contributed by atoms with van der Waals surface area (Å²) in [7, 11) is 0. The summed E-state index contributed by atoms with van der Waals surface area (Å²) in [5.74, 6) is 3.15. The molecule has 0 radical (unpaired) electrons. The van der Waals surface area contributed by atoms with Crippen LogP contribution < -0.4 is 18.9 Å². The summed E-state index contributed by atoms with van der Waals surface area (Å²) in [4.78, 5) is 0. The molecule has 2 heterocycles. The second-order valence-electron chi connectivity index (χ2n) is 10.7. The highest BCUT2D eigenvalue weighted by Gasteiger charge is 2.23. The van der Waals surface area contributed by atoms with Gasteiger partial charge >= 0.3 is 0 Å². The molecule has 0 amide bonds. The number of aliphatic hydroxyl groups is 1.